The summed E-state index contributed by atoms with van der Waals surface area (Å²) in [5.74, 6) is 0.182. The molecule has 13 heavy (non-hydrogen) atoms. The number of hydrogen-bond acceptors (Lipinski definition) is 1. The fourth-order valence-corrected chi connectivity index (χ4v) is 2.50. The van der Waals surface area contributed by atoms with Crippen LogP contribution in [0.15, 0.2) is 0 Å². The van der Waals surface area contributed by atoms with Gasteiger partial charge in [0.15, 0.2) is 0 Å². The fourth-order valence-electron chi connectivity index (χ4n) is 2.50. The molecule has 2 N–H and O–H groups in total. The van der Waals surface area contributed by atoms with Gasteiger partial charge in [0.1, 0.15) is 0 Å². The molecule has 1 nitrogen and oxygen atoms in total. The Bertz CT molecular complexity index is 181. The van der Waals surface area contributed by atoms with Gasteiger partial charge >= 0.3 is 0 Å². The van der Waals surface area contributed by atoms with Gasteiger partial charge in [-0.3, -0.25) is 0 Å². The fraction of sp³-hybridized carbons (Fsp3) is 1.00. The van der Waals surface area contributed by atoms with Crippen molar-refractivity contribution in [3.63, 3.8) is 0 Å². The molecule has 3 heteroatoms. The summed E-state index contributed by atoms with van der Waals surface area (Å²) in [6.07, 6.45) is 3.31. The Hall–Kier alpha value is -0.180. The number of hydrogen-bond donors (Lipinski definition) is 1. The molecule has 0 aromatic carbocycles. The Labute approximate surface area is 77.7 Å². The maximum Gasteiger partial charge on any atom is 0.241 e. The molecule has 0 heterocycles. The van der Waals surface area contributed by atoms with Gasteiger partial charge in [-0.1, -0.05) is 0 Å². The molecule has 2 rings (SSSR count). The van der Waals surface area contributed by atoms with Gasteiger partial charge < -0.3 is 5.73 Å². The van der Waals surface area contributed by atoms with Crippen LogP contribution in [0.2, 0.25) is 0 Å². The van der Waals surface area contributed by atoms with E-state index in [1.807, 2.05) is 0 Å². The zero-order valence-electron chi connectivity index (χ0n) is 7.81. The van der Waals surface area contributed by atoms with E-state index in [0.717, 1.165) is 25.7 Å². The van der Waals surface area contributed by atoms with Gasteiger partial charge in [0.2, 0.25) is 6.43 Å². The first-order valence-electron chi connectivity index (χ1n) is 5.19. The van der Waals surface area contributed by atoms with E-state index in [2.05, 4.69) is 0 Å². The molecule has 2 saturated carbocycles. The van der Waals surface area contributed by atoms with Gasteiger partial charge in [-0.25, -0.2) is 8.78 Å². The first kappa shape index (κ1) is 9.38. The number of rotatable bonds is 2. The Balaban J connectivity index is 1.82. The third-order valence-electron chi connectivity index (χ3n) is 3.77. The normalized spacial score (nSPS) is 37.8. The summed E-state index contributed by atoms with van der Waals surface area (Å²) in [5.41, 5.74) is 6.10. The van der Waals surface area contributed by atoms with Crippen molar-refractivity contribution in [2.75, 3.05) is 0 Å². The van der Waals surface area contributed by atoms with E-state index in [0.29, 0.717) is 18.8 Å². The van der Waals surface area contributed by atoms with E-state index >= 15 is 0 Å². The van der Waals surface area contributed by atoms with Crippen LogP contribution < -0.4 is 5.73 Å². The van der Waals surface area contributed by atoms with Crippen molar-refractivity contribution >= 4 is 0 Å². The summed E-state index contributed by atoms with van der Waals surface area (Å²) in [6, 6.07) is 0. The highest BCUT2D eigenvalue weighted by molar-refractivity contribution is 5.04. The minimum Gasteiger partial charge on any atom is -0.325 e. The Morgan fingerprint density at radius 2 is 1.62 bits per heavy atom. The van der Waals surface area contributed by atoms with E-state index in [4.69, 9.17) is 5.73 Å². The van der Waals surface area contributed by atoms with E-state index in [1.54, 1.807) is 0 Å². The van der Waals surface area contributed by atoms with E-state index in [9.17, 15) is 8.78 Å². The molecule has 0 unspecified atom stereocenters. The standard InChI is InChI=1S/C10H17F2N/c11-9(12)7-1-3-8(4-2-7)10(13)5-6-10/h7-9H,1-6,13H2. The molecule has 0 aromatic rings. The maximum absolute atomic E-state index is 12.3. The van der Waals surface area contributed by atoms with E-state index < -0.39 is 6.43 Å². The molecule has 0 radical (unpaired) electrons. The smallest absolute Gasteiger partial charge is 0.241 e. The molecule has 0 bridgehead atoms. The molecular formula is C10H17F2N. The lowest BCUT2D eigenvalue weighted by Gasteiger charge is -2.31. The second-order valence-corrected chi connectivity index (χ2v) is 4.68. The van der Waals surface area contributed by atoms with Gasteiger partial charge in [-0.05, 0) is 44.4 Å². The Kier molecular flexibility index (Phi) is 2.30. The van der Waals surface area contributed by atoms with Crippen molar-refractivity contribution in [3.8, 4) is 0 Å². The molecule has 2 fully saturated rings. The third kappa shape index (κ3) is 1.85. The summed E-state index contributed by atoms with van der Waals surface area (Å²) in [4.78, 5) is 0. The monoisotopic (exact) mass is 189 g/mol. The molecule has 0 aliphatic heterocycles. The molecule has 2 aliphatic carbocycles. The molecule has 0 aromatic heterocycles. The maximum atomic E-state index is 12.3. The van der Waals surface area contributed by atoms with Crippen LogP contribution in [0.5, 0.6) is 0 Å². The highest BCUT2D eigenvalue weighted by Gasteiger charge is 2.46. The molecular weight excluding hydrogens is 172 g/mol. The molecule has 2 aliphatic rings. The lowest BCUT2D eigenvalue weighted by molar-refractivity contribution is 0.0425. The zero-order valence-corrected chi connectivity index (χ0v) is 7.81. The van der Waals surface area contributed by atoms with Gasteiger partial charge in [0, 0.05) is 11.5 Å². The topological polar surface area (TPSA) is 26.0 Å². The van der Waals surface area contributed by atoms with Crippen LogP contribution in [0.1, 0.15) is 38.5 Å². The van der Waals surface area contributed by atoms with Crippen LogP contribution in [0.3, 0.4) is 0 Å². The van der Waals surface area contributed by atoms with Gasteiger partial charge in [-0.2, -0.15) is 0 Å². The van der Waals surface area contributed by atoms with Crippen molar-refractivity contribution < 1.29 is 8.78 Å². The van der Waals surface area contributed by atoms with Crippen molar-refractivity contribution in [1.82, 2.24) is 0 Å². The summed E-state index contributed by atoms with van der Waals surface area (Å²) >= 11 is 0. The predicted octanol–water partition coefficient (Wildman–Crippen LogP) is 2.55. The van der Waals surface area contributed by atoms with Crippen LogP contribution in [-0.2, 0) is 0 Å². The number of nitrogens with two attached hydrogens (primary N) is 1. The highest BCUT2D eigenvalue weighted by Crippen LogP contribution is 2.47. The van der Waals surface area contributed by atoms with E-state index in [-0.39, 0.29) is 11.5 Å². The van der Waals surface area contributed by atoms with Crippen LogP contribution in [-0.4, -0.2) is 12.0 Å². The van der Waals surface area contributed by atoms with Crippen molar-refractivity contribution in [3.05, 3.63) is 0 Å². The second kappa shape index (κ2) is 3.19. The predicted molar refractivity (Wildman–Crippen MR) is 47.6 cm³/mol. The molecule has 0 atom stereocenters. The van der Waals surface area contributed by atoms with Gasteiger partial charge in [0.25, 0.3) is 0 Å². The first-order chi connectivity index (χ1) is 6.12. The van der Waals surface area contributed by atoms with Crippen LogP contribution >= 0.6 is 0 Å². The number of alkyl halides is 2. The largest absolute Gasteiger partial charge is 0.325 e. The molecule has 76 valence electrons. The summed E-state index contributed by atoms with van der Waals surface area (Å²) in [6.45, 7) is 0. The van der Waals surface area contributed by atoms with E-state index in [1.165, 1.54) is 0 Å². The lowest BCUT2D eigenvalue weighted by atomic mass is 9.77. The molecule has 0 amide bonds. The van der Waals surface area contributed by atoms with Gasteiger partial charge in [0.05, 0.1) is 0 Å². The highest BCUT2D eigenvalue weighted by atomic mass is 19.3. The van der Waals surface area contributed by atoms with Crippen molar-refractivity contribution in [2.24, 2.45) is 17.6 Å². The average molecular weight is 189 g/mol. The van der Waals surface area contributed by atoms with Gasteiger partial charge in [-0.15, -0.1) is 0 Å². The Morgan fingerprint density at radius 3 is 2.00 bits per heavy atom. The summed E-state index contributed by atoms with van der Waals surface area (Å²) < 4.78 is 24.7. The van der Waals surface area contributed by atoms with Crippen LogP contribution in [0.25, 0.3) is 0 Å². The average Bonchev–Trinajstić information content (AvgIpc) is 2.85. The SMILES string of the molecule is NC1(C2CCC(C(F)F)CC2)CC1. The van der Waals surface area contributed by atoms with Crippen LogP contribution in [0.4, 0.5) is 8.78 Å². The quantitative estimate of drug-likeness (QED) is 0.709. The zero-order chi connectivity index (χ0) is 9.47. The van der Waals surface area contributed by atoms with Crippen LogP contribution in [0, 0.1) is 11.8 Å². The molecule has 0 saturated heterocycles. The third-order valence-corrected chi connectivity index (χ3v) is 3.77. The second-order valence-electron chi connectivity index (χ2n) is 4.68. The minimum absolute atomic E-state index is 0.0487. The minimum atomic E-state index is -2.12. The summed E-state index contributed by atoms with van der Waals surface area (Å²) in [7, 11) is 0. The Morgan fingerprint density at radius 1 is 1.08 bits per heavy atom. The lowest BCUT2D eigenvalue weighted by Crippen LogP contribution is -2.36. The molecule has 0 spiro atoms. The van der Waals surface area contributed by atoms with Crippen molar-refractivity contribution in [2.45, 2.75) is 50.5 Å². The van der Waals surface area contributed by atoms with Crippen molar-refractivity contribution in [1.29, 1.82) is 0 Å². The number of halogens is 2. The first-order valence-corrected chi connectivity index (χ1v) is 5.19. The summed E-state index contributed by atoms with van der Waals surface area (Å²) in [5, 5.41) is 0.